The van der Waals surface area contributed by atoms with Crippen LogP contribution in [0, 0.1) is 0 Å². The largest absolute Gasteiger partial charge is 0.493 e. The summed E-state index contributed by atoms with van der Waals surface area (Å²) in [5.41, 5.74) is 11.2. The molecule has 1 unspecified atom stereocenters. The van der Waals surface area contributed by atoms with Crippen molar-refractivity contribution in [2.45, 2.75) is 25.3 Å². The zero-order valence-corrected chi connectivity index (χ0v) is 9.22. The molecule has 3 rings (SSSR count). The summed E-state index contributed by atoms with van der Waals surface area (Å²) < 4.78 is 5.48. The van der Waals surface area contributed by atoms with Gasteiger partial charge in [0.15, 0.2) is 5.78 Å². The molecule has 1 heterocycles. The fourth-order valence-corrected chi connectivity index (χ4v) is 2.48. The summed E-state index contributed by atoms with van der Waals surface area (Å²) in [6.45, 7) is 0.687. The molecule has 0 aromatic heterocycles. The SMILES string of the molecule is [N-]=[N+]=NC1CCc2cc3c(cc2C1=O)CCO3. The number of rotatable bonds is 1. The van der Waals surface area contributed by atoms with E-state index in [0.717, 1.165) is 29.7 Å². The first-order chi connectivity index (χ1) is 8.29. The third-order valence-electron chi connectivity index (χ3n) is 3.36. The Morgan fingerprint density at radius 1 is 1.35 bits per heavy atom. The van der Waals surface area contributed by atoms with Crippen LogP contribution in [0.4, 0.5) is 0 Å². The topological polar surface area (TPSA) is 75.1 Å². The van der Waals surface area contributed by atoms with Crippen molar-refractivity contribution < 1.29 is 9.53 Å². The van der Waals surface area contributed by atoms with Crippen LogP contribution in [0.3, 0.4) is 0 Å². The predicted molar refractivity (Wildman–Crippen MR) is 61.2 cm³/mol. The maximum Gasteiger partial charge on any atom is 0.172 e. The Hall–Kier alpha value is -2.00. The van der Waals surface area contributed by atoms with Gasteiger partial charge in [0.2, 0.25) is 0 Å². The van der Waals surface area contributed by atoms with Crippen LogP contribution in [-0.2, 0) is 12.8 Å². The van der Waals surface area contributed by atoms with E-state index in [-0.39, 0.29) is 5.78 Å². The first-order valence-corrected chi connectivity index (χ1v) is 5.66. The number of nitrogens with zero attached hydrogens (tertiary/aromatic N) is 3. The Morgan fingerprint density at radius 3 is 3.06 bits per heavy atom. The van der Waals surface area contributed by atoms with Crippen molar-refractivity contribution >= 4 is 5.78 Å². The van der Waals surface area contributed by atoms with Gasteiger partial charge in [-0.1, -0.05) is 5.11 Å². The summed E-state index contributed by atoms with van der Waals surface area (Å²) in [5, 5.41) is 3.56. The molecule has 86 valence electrons. The lowest BCUT2D eigenvalue weighted by Gasteiger charge is -2.20. The normalized spacial score (nSPS) is 21.2. The number of azide groups is 1. The predicted octanol–water partition coefficient (Wildman–Crippen LogP) is 2.43. The van der Waals surface area contributed by atoms with Crippen molar-refractivity contribution in [2.75, 3.05) is 6.61 Å². The molecule has 0 saturated carbocycles. The number of fused-ring (bicyclic) bond motifs is 2. The van der Waals surface area contributed by atoms with E-state index >= 15 is 0 Å². The van der Waals surface area contributed by atoms with Crippen LogP contribution >= 0.6 is 0 Å². The minimum atomic E-state index is -0.534. The van der Waals surface area contributed by atoms with E-state index in [4.69, 9.17) is 10.3 Å². The van der Waals surface area contributed by atoms with Crippen LogP contribution in [-0.4, -0.2) is 18.4 Å². The van der Waals surface area contributed by atoms with Gasteiger partial charge < -0.3 is 4.74 Å². The molecule has 5 nitrogen and oxygen atoms in total. The van der Waals surface area contributed by atoms with Crippen LogP contribution in [0.5, 0.6) is 5.75 Å². The number of carbonyl (C=O) groups excluding carboxylic acids is 1. The molecule has 0 saturated heterocycles. The molecule has 5 heteroatoms. The molecule has 0 fully saturated rings. The zero-order valence-electron chi connectivity index (χ0n) is 9.22. The standard InChI is InChI=1S/C12H11N3O2/c13-15-14-10-2-1-7-6-11-8(3-4-17-11)5-9(7)12(10)16/h5-6,10H,1-4H2. The Labute approximate surface area is 98.0 Å². The zero-order chi connectivity index (χ0) is 11.8. The maximum atomic E-state index is 12.1. The van der Waals surface area contributed by atoms with Gasteiger partial charge in [-0.3, -0.25) is 4.79 Å². The highest BCUT2D eigenvalue weighted by molar-refractivity contribution is 6.02. The van der Waals surface area contributed by atoms with Crippen molar-refractivity contribution in [3.63, 3.8) is 0 Å². The Morgan fingerprint density at radius 2 is 2.24 bits per heavy atom. The van der Waals surface area contributed by atoms with Crippen LogP contribution in [0.15, 0.2) is 17.2 Å². The smallest absolute Gasteiger partial charge is 0.172 e. The molecule has 0 amide bonds. The molecule has 1 aliphatic heterocycles. The van der Waals surface area contributed by atoms with Gasteiger partial charge in [0.05, 0.1) is 6.61 Å². The average molecular weight is 229 g/mol. The fraction of sp³-hybridized carbons (Fsp3) is 0.417. The summed E-state index contributed by atoms with van der Waals surface area (Å²) in [6, 6.07) is 3.33. The van der Waals surface area contributed by atoms with E-state index in [2.05, 4.69) is 10.0 Å². The van der Waals surface area contributed by atoms with Gasteiger partial charge >= 0.3 is 0 Å². The number of ketones is 1. The van der Waals surface area contributed by atoms with Gasteiger partial charge in [-0.05, 0) is 41.6 Å². The lowest BCUT2D eigenvalue weighted by molar-refractivity contribution is 0.0948. The summed E-state index contributed by atoms with van der Waals surface area (Å²) in [7, 11) is 0. The van der Waals surface area contributed by atoms with Gasteiger partial charge in [-0.15, -0.1) is 0 Å². The highest BCUT2D eigenvalue weighted by Gasteiger charge is 2.28. The number of hydrogen-bond donors (Lipinski definition) is 0. The molecule has 0 radical (unpaired) electrons. The lowest BCUT2D eigenvalue weighted by Crippen LogP contribution is -2.25. The van der Waals surface area contributed by atoms with Gasteiger partial charge in [0, 0.05) is 16.9 Å². The molecular formula is C12H11N3O2. The second kappa shape index (κ2) is 3.79. The third kappa shape index (κ3) is 1.56. The number of benzene rings is 1. The molecule has 0 bridgehead atoms. The first-order valence-electron chi connectivity index (χ1n) is 5.66. The maximum absolute atomic E-state index is 12.1. The highest BCUT2D eigenvalue weighted by Crippen LogP contribution is 2.33. The first kappa shape index (κ1) is 10.2. The summed E-state index contributed by atoms with van der Waals surface area (Å²) >= 11 is 0. The number of Topliss-reactive ketones (excluding diaryl/α,β-unsaturated/α-hetero) is 1. The number of hydrogen-bond acceptors (Lipinski definition) is 3. The molecule has 1 aromatic rings. The number of aryl methyl sites for hydroxylation is 1. The van der Waals surface area contributed by atoms with Crippen molar-refractivity contribution in [2.24, 2.45) is 5.11 Å². The molecule has 2 aliphatic rings. The summed E-state index contributed by atoms with van der Waals surface area (Å²) in [6.07, 6.45) is 2.21. The molecule has 1 atom stereocenters. The molecule has 0 N–H and O–H groups in total. The van der Waals surface area contributed by atoms with Gasteiger partial charge in [0.1, 0.15) is 11.8 Å². The Kier molecular flexibility index (Phi) is 2.27. The molecule has 0 spiro atoms. The van der Waals surface area contributed by atoms with E-state index in [9.17, 15) is 4.79 Å². The van der Waals surface area contributed by atoms with E-state index in [0.29, 0.717) is 18.6 Å². The van der Waals surface area contributed by atoms with Gasteiger partial charge in [0.25, 0.3) is 0 Å². The average Bonchev–Trinajstić information content (AvgIpc) is 2.78. The second-order valence-electron chi connectivity index (χ2n) is 4.34. The molecular weight excluding hydrogens is 218 g/mol. The summed E-state index contributed by atoms with van der Waals surface area (Å²) in [4.78, 5) is 14.8. The van der Waals surface area contributed by atoms with Crippen molar-refractivity contribution in [3.05, 3.63) is 39.3 Å². The van der Waals surface area contributed by atoms with Crippen LogP contribution in [0.25, 0.3) is 10.4 Å². The number of carbonyl (C=O) groups is 1. The van der Waals surface area contributed by atoms with Crippen molar-refractivity contribution in [3.8, 4) is 5.75 Å². The molecule has 1 aliphatic carbocycles. The third-order valence-corrected chi connectivity index (χ3v) is 3.36. The summed E-state index contributed by atoms with van der Waals surface area (Å²) in [5.74, 6) is 0.845. The van der Waals surface area contributed by atoms with Crippen LogP contribution in [0.2, 0.25) is 0 Å². The van der Waals surface area contributed by atoms with E-state index in [1.54, 1.807) is 0 Å². The quantitative estimate of drug-likeness (QED) is 0.421. The van der Waals surface area contributed by atoms with Gasteiger partial charge in [-0.2, -0.15) is 0 Å². The minimum absolute atomic E-state index is 0.0567. The van der Waals surface area contributed by atoms with Crippen LogP contribution < -0.4 is 4.74 Å². The van der Waals surface area contributed by atoms with Crippen LogP contribution in [0.1, 0.15) is 27.9 Å². The highest BCUT2D eigenvalue weighted by atomic mass is 16.5. The molecule has 1 aromatic carbocycles. The van der Waals surface area contributed by atoms with Gasteiger partial charge in [-0.25, -0.2) is 0 Å². The van der Waals surface area contributed by atoms with Crippen molar-refractivity contribution in [1.29, 1.82) is 0 Å². The number of ether oxygens (including phenoxy) is 1. The molecule has 17 heavy (non-hydrogen) atoms. The van der Waals surface area contributed by atoms with E-state index in [1.807, 2.05) is 12.1 Å². The second-order valence-corrected chi connectivity index (χ2v) is 4.34. The van der Waals surface area contributed by atoms with E-state index < -0.39 is 6.04 Å². The monoisotopic (exact) mass is 229 g/mol. The minimum Gasteiger partial charge on any atom is -0.493 e. The fourth-order valence-electron chi connectivity index (χ4n) is 2.48. The Balaban J connectivity index is 2.06. The van der Waals surface area contributed by atoms with E-state index in [1.165, 1.54) is 0 Å². The Bertz CT molecular complexity index is 547. The van der Waals surface area contributed by atoms with Crippen molar-refractivity contribution in [1.82, 2.24) is 0 Å². The lowest BCUT2D eigenvalue weighted by atomic mass is 9.86.